The predicted molar refractivity (Wildman–Crippen MR) is 208 cm³/mol. The van der Waals surface area contributed by atoms with E-state index in [9.17, 15) is 39.7 Å². The number of nitro groups is 2. The summed E-state index contributed by atoms with van der Waals surface area (Å²) in [4.78, 5) is 85.3. The van der Waals surface area contributed by atoms with Gasteiger partial charge >= 0.3 is 11.4 Å². The van der Waals surface area contributed by atoms with Crippen molar-refractivity contribution >= 4 is 79.6 Å². The molecule has 0 spiro atoms. The van der Waals surface area contributed by atoms with Crippen LogP contribution >= 0.6 is 27.5 Å². The number of allylic oxidation sites excluding steroid dienone is 2. The van der Waals surface area contributed by atoms with E-state index in [0.717, 1.165) is 21.9 Å². The number of hydrogen-bond acceptors (Lipinski definition) is 10. The Balaban J connectivity index is 1.33. The maximum absolute atomic E-state index is 15.4. The van der Waals surface area contributed by atoms with E-state index in [2.05, 4.69) is 15.9 Å². The number of phenolic OH excluding ortho intramolecular Hbond substituents is 1. The Bertz CT molecular complexity index is 2420. The molecule has 14 nitrogen and oxygen atoms in total. The number of nitrogens with zero attached hydrogens (tertiary/aromatic N) is 5. The van der Waals surface area contributed by atoms with Crippen molar-refractivity contribution in [2.45, 2.75) is 24.2 Å². The summed E-state index contributed by atoms with van der Waals surface area (Å²) in [6, 6.07) is 21.9. The molecule has 2 saturated heterocycles. The zero-order chi connectivity index (χ0) is 40.0. The normalized spacial score (nSPS) is 25.4. The quantitative estimate of drug-likeness (QED) is 0.0875. The van der Waals surface area contributed by atoms with Crippen molar-refractivity contribution in [3.8, 4) is 5.75 Å². The Labute approximate surface area is 332 Å². The average Bonchev–Trinajstić information content (AvgIpc) is 3.56. The van der Waals surface area contributed by atoms with Gasteiger partial charge in [0.15, 0.2) is 5.69 Å². The third kappa shape index (κ3) is 5.28. The number of carbonyl (C=O) groups excluding carboxylic acids is 4. The molecule has 56 heavy (non-hydrogen) atoms. The lowest BCUT2D eigenvalue weighted by Gasteiger charge is -2.50. The first-order chi connectivity index (χ1) is 26.7. The first-order valence-electron chi connectivity index (χ1n) is 17.6. The second-order valence-corrected chi connectivity index (χ2v) is 15.9. The standard InChI is InChI=1S/C40H31BrClN5O9/c1-43(2)35-30(46(53)54)17-24(18-31(35)47(55)56)44-36(49)26-13-12-25-27(33(26)38(44)51)19-29-37(50)45(23-10-6-9-22(42)16-23)39(52)40(29,20-7-4-3-5-8-20)34(25)28-15-21(41)11-14-32(28)48/h3-12,14-18,26-27,29,33-34,48H,13,19H2,1-2H3/t26-,27+,29-,33-,34+,40+/m0/s1. The summed E-state index contributed by atoms with van der Waals surface area (Å²) >= 11 is 9.88. The molecular weight excluding hydrogens is 810 g/mol. The zero-order valence-corrected chi connectivity index (χ0v) is 32.0. The smallest absolute Gasteiger partial charge is 0.301 e. The Morgan fingerprint density at radius 1 is 0.821 bits per heavy atom. The molecule has 2 aliphatic carbocycles. The number of anilines is 3. The maximum Gasteiger partial charge on any atom is 0.301 e. The third-order valence-electron chi connectivity index (χ3n) is 11.6. The Hall–Kier alpha value is -5.93. The molecular formula is C40H31BrClN5O9. The highest BCUT2D eigenvalue weighted by atomic mass is 79.9. The molecule has 4 aliphatic rings. The van der Waals surface area contributed by atoms with Gasteiger partial charge in [-0.05, 0) is 60.7 Å². The van der Waals surface area contributed by atoms with Crippen molar-refractivity contribution in [2.75, 3.05) is 28.8 Å². The van der Waals surface area contributed by atoms with Crippen LogP contribution in [0.2, 0.25) is 5.02 Å². The van der Waals surface area contributed by atoms with Crippen molar-refractivity contribution in [3.05, 3.63) is 137 Å². The monoisotopic (exact) mass is 839 g/mol. The second-order valence-electron chi connectivity index (χ2n) is 14.5. The van der Waals surface area contributed by atoms with Gasteiger partial charge in [-0.2, -0.15) is 0 Å². The molecule has 284 valence electrons. The third-order valence-corrected chi connectivity index (χ3v) is 12.3. The highest BCUT2D eigenvalue weighted by molar-refractivity contribution is 9.10. The molecule has 0 bridgehead atoms. The molecule has 2 heterocycles. The minimum absolute atomic E-state index is 0.0124. The van der Waals surface area contributed by atoms with Crippen LogP contribution in [0.1, 0.15) is 29.9 Å². The number of phenols is 1. The van der Waals surface area contributed by atoms with Crippen molar-refractivity contribution in [1.29, 1.82) is 0 Å². The topological polar surface area (TPSA) is 185 Å². The van der Waals surface area contributed by atoms with Crippen LogP contribution in [0.15, 0.2) is 101 Å². The summed E-state index contributed by atoms with van der Waals surface area (Å²) in [5, 5.41) is 36.3. The molecule has 8 rings (SSSR count). The molecule has 16 heteroatoms. The lowest BCUT2D eigenvalue weighted by Crippen LogP contribution is -2.53. The molecule has 3 fully saturated rings. The van der Waals surface area contributed by atoms with Gasteiger partial charge in [-0.1, -0.05) is 75.6 Å². The zero-order valence-electron chi connectivity index (χ0n) is 29.7. The van der Waals surface area contributed by atoms with Gasteiger partial charge in [0.05, 0.1) is 44.4 Å². The van der Waals surface area contributed by atoms with Crippen molar-refractivity contribution in [1.82, 2.24) is 0 Å². The predicted octanol–water partition coefficient (Wildman–Crippen LogP) is 7.06. The fraction of sp³-hybridized carbons (Fsp3) is 0.250. The summed E-state index contributed by atoms with van der Waals surface area (Å²) in [7, 11) is 2.81. The van der Waals surface area contributed by atoms with E-state index in [1.165, 1.54) is 31.1 Å². The fourth-order valence-corrected chi connectivity index (χ4v) is 10.1. The molecule has 0 aromatic heterocycles. The molecule has 4 amide bonds. The van der Waals surface area contributed by atoms with E-state index in [-0.39, 0.29) is 35.7 Å². The number of rotatable bonds is 7. The summed E-state index contributed by atoms with van der Waals surface area (Å²) in [5.41, 5.74) is -1.97. The van der Waals surface area contributed by atoms with Crippen LogP contribution in [-0.4, -0.2) is 52.7 Å². The lowest BCUT2D eigenvalue weighted by atomic mass is 9.49. The first kappa shape index (κ1) is 37.0. The van der Waals surface area contributed by atoms with Crippen LogP contribution in [0.3, 0.4) is 0 Å². The lowest BCUT2D eigenvalue weighted by molar-refractivity contribution is -0.392. The summed E-state index contributed by atoms with van der Waals surface area (Å²) in [6.07, 6.45) is 1.76. The van der Waals surface area contributed by atoms with Crippen LogP contribution in [0, 0.1) is 43.9 Å². The highest BCUT2D eigenvalue weighted by Gasteiger charge is 2.70. The van der Waals surface area contributed by atoms with Gasteiger partial charge in [0.25, 0.3) is 0 Å². The molecule has 2 aliphatic heterocycles. The summed E-state index contributed by atoms with van der Waals surface area (Å²) in [5.74, 6) is -7.77. The van der Waals surface area contributed by atoms with Crippen LogP contribution in [0.5, 0.6) is 5.75 Å². The number of amides is 4. The summed E-state index contributed by atoms with van der Waals surface area (Å²) < 4.78 is 0.576. The number of aromatic hydroxyl groups is 1. The van der Waals surface area contributed by atoms with Crippen molar-refractivity contribution in [3.63, 3.8) is 0 Å². The number of benzene rings is 4. The number of fused-ring (bicyclic) bond motifs is 4. The van der Waals surface area contributed by atoms with Gasteiger partial charge in [-0.3, -0.25) is 39.4 Å². The molecule has 4 aromatic carbocycles. The van der Waals surface area contributed by atoms with Crippen LogP contribution in [0.4, 0.5) is 28.4 Å². The number of nitro benzene ring substituents is 2. The van der Waals surface area contributed by atoms with Gasteiger partial charge in [-0.15, -0.1) is 0 Å². The highest BCUT2D eigenvalue weighted by Crippen LogP contribution is 2.65. The van der Waals surface area contributed by atoms with E-state index in [1.807, 2.05) is 0 Å². The van der Waals surface area contributed by atoms with E-state index in [0.29, 0.717) is 26.2 Å². The molecule has 0 unspecified atom stereocenters. The van der Waals surface area contributed by atoms with Gasteiger partial charge in [0.1, 0.15) is 5.75 Å². The van der Waals surface area contributed by atoms with Crippen LogP contribution in [0.25, 0.3) is 0 Å². The summed E-state index contributed by atoms with van der Waals surface area (Å²) in [6.45, 7) is 0. The van der Waals surface area contributed by atoms with Crippen molar-refractivity contribution in [2.24, 2.45) is 23.7 Å². The Morgan fingerprint density at radius 3 is 2.12 bits per heavy atom. The largest absolute Gasteiger partial charge is 0.508 e. The van der Waals surface area contributed by atoms with Gasteiger partial charge < -0.3 is 10.0 Å². The van der Waals surface area contributed by atoms with E-state index >= 15 is 4.79 Å². The number of halogens is 2. The Kier molecular flexibility index (Phi) is 8.84. The van der Waals surface area contributed by atoms with Crippen LogP contribution < -0.4 is 14.7 Å². The minimum atomic E-state index is -1.64. The number of hydrogen-bond donors (Lipinski definition) is 1. The molecule has 1 N–H and O–H groups in total. The molecule has 6 atom stereocenters. The van der Waals surface area contributed by atoms with E-state index in [4.69, 9.17) is 11.6 Å². The van der Waals surface area contributed by atoms with Gasteiger partial charge in [-0.25, -0.2) is 9.80 Å². The maximum atomic E-state index is 15.4. The van der Waals surface area contributed by atoms with E-state index in [1.54, 1.807) is 66.7 Å². The van der Waals surface area contributed by atoms with Gasteiger partial charge in [0.2, 0.25) is 23.6 Å². The fourth-order valence-electron chi connectivity index (χ4n) is 9.55. The number of imide groups is 2. The SMILES string of the molecule is CN(C)c1c([N+](=O)[O-])cc(N2C(=O)[C@H]3[C@H](CC=C4[C@H]3C[C@H]3C(=O)N(c5cccc(Cl)c5)C(=O)[C@@]3(c3ccccc3)[C@H]4c3cc(Br)ccc3O)C2=O)cc1[N+](=O)[O-]. The van der Waals surface area contributed by atoms with Gasteiger partial charge in [0, 0.05) is 47.2 Å². The Morgan fingerprint density at radius 2 is 1.50 bits per heavy atom. The molecule has 4 aromatic rings. The molecule has 0 radical (unpaired) electrons. The van der Waals surface area contributed by atoms with Crippen LogP contribution in [-0.2, 0) is 24.6 Å². The van der Waals surface area contributed by atoms with Crippen molar-refractivity contribution < 1.29 is 34.1 Å². The van der Waals surface area contributed by atoms with E-state index < -0.39 is 79.9 Å². The average molecular weight is 841 g/mol. The second kappa shape index (κ2) is 13.4. The minimum Gasteiger partial charge on any atom is -0.508 e. The first-order valence-corrected chi connectivity index (χ1v) is 18.7. The number of carbonyl (C=O) groups is 4. The molecule has 1 saturated carbocycles.